The Hall–Kier alpha value is -1.31. The van der Waals surface area contributed by atoms with Gasteiger partial charge in [-0.15, -0.1) is 0 Å². The number of carbonyl (C=O) groups is 1. The fourth-order valence-corrected chi connectivity index (χ4v) is 2.95. The van der Waals surface area contributed by atoms with Gasteiger partial charge >= 0.3 is 0 Å². The quantitative estimate of drug-likeness (QED) is 0.723. The number of primary amides is 1. The minimum absolute atomic E-state index is 0.189. The molecule has 1 unspecified atom stereocenters. The van der Waals surface area contributed by atoms with Gasteiger partial charge in [-0.3, -0.25) is 4.79 Å². The highest BCUT2D eigenvalue weighted by Gasteiger charge is 2.16. The summed E-state index contributed by atoms with van der Waals surface area (Å²) in [5.41, 5.74) is 6.14. The molecule has 1 atom stereocenters. The summed E-state index contributed by atoms with van der Waals surface area (Å²) < 4.78 is 17.0. The molecule has 0 spiro atoms. The molecule has 1 aromatic rings. The van der Waals surface area contributed by atoms with Crippen molar-refractivity contribution >= 4 is 21.8 Å². The second kappa shape index (κ2) is 8.36. The minimum Gasteiger partial charge on any atom is -0.493 e. The van der Waals surface area contributed by atoms with Gasteiger partial charge in [0.25, 0.3) is 5.91 Å². The first kappa shape index (κ1) is 17.1. The molecule has 0 aromatic heterocycles. The lowest BCUT2D eigenvalue weighted by atomic mass is 10.2. The Bertz CT molecular complexity index is 519. The largest absolute Gasteiger partial charge is 0.493 e. The van der Waals surface area contributed by atoms with Crippen LogP contribution in [0, 0.1) is 0 Å². The molecule has 1 aliphatic rings. The number of nitrogens with two attached hydrogens (primary N) is 1. The molecule has 1 aromatic carbocycles. The predicted molar refractivity (Wildman–Crippen MR) is 86.1 cm³/mol. The molecule has 7 heteroatoms. The number of nitrogens with one attached hydrogen (secondary N) is 1. The Balaban J connectivity index is 1.96. The van der Waals surface area contributed by atoms with Crippen molar-refractivity contribution in [2.75, 3.05) is 26.9 Å². The number of carbonyl (C=O) groups excluding carboxylic acids is 1. The number of rotatable bonds is 8. The predicted octanol–water partition coefficient (Wildman–Crippen LogP) is 1.59. The lowest BCUT2D eigenvalue weighted by Gasteiger charge is -2.15. The lowest BCUT2D eigenvalue weighted by Crippen LogP contribution is -2.25. The molecule has 1 fully saturated rings. The van der Waals surface area contributed by atoms with Crippen molar-refractivity contribution in [1.82, 2.24) is 5.32 Å². The van der Waals surface area contributed by atoms with Gasteiger partial charge < -0.3 is 25.3 Å². The van der Waals surface area contributed by atoms with Crippen molar-refractivity contribution in [2.45, 2.75) is 25.5 Å². The van der Waals surface area contributed by atoms with Gasteiger partial charge in [0.2, 0.25) is 0 Å². The zero-order valence-electron chi connectivity index (χ0n) is 12.6. The number of ether oxygens (including phenoxy) is 3. The highest BCUT2D eigenvalue weighted by Crippen LogP contribution is 2.36. The van der Waals surface area contributed by atoms with Crippen LogP contribution in [0.2, 0.25) is 0 Å². The molecule has 22 heavy (non-hydrogen) atoms. The Morgan fingerprint density at radius 1 is 1.55 bits per heavy atom. The molecule has 1 saturated heterocycles. The van der Waals surface area contributed by atoms with E-state index in [0.29, 0.717) is 24.1 Å². The van der Waals surface area contributed by atoms with E-state index >= 15 is 0 Å². The second-order valence-corrected chi connectivity index (χ2v) is 5.98. The zero-order valence-corrected chi connectivity index (χ0v) is 14.1. The fraction of sp³-hybridized carbons (Fsp3) is 0.533. The van der Waals surface area contributed by atoms with Gasteiger partial charge in [0.1, 0.15) is 0 Å². The molecular weight excluding hydrogens is 352 g/mol. The third-order valence-electron chi connectivity index (χ3n) is 3.37. The van der Waals surface area contributed by atoms with E-state index in [-0.39, 0.29) is 6.61 Å². The minimum atomic E-state index is -0.531. The van der Waals surface area contributed by atoms with Gasteiger partial charge in [-0.05, 0) is 46.5 Å². The van der Waals surface area contributed by atoms with Crippen molar-refractivity contribution in [3.05, 3.63) is 22.2 Å². The topological polar surface area (TPSA) is 82.8 Å². The Morgan fingerprint density at radius 3 is 3.00 bits per heavy atom. The van der Waals surface area contributed by atoms with Gasteiger partial charge in [0.15, 0.2) is 18.1 Å². The molecule has 1 amide bonds. The number of halogens is 1. The Morgan fingerprint density at radius 2 is 2.36 bits per heavy atom. The maximum Gasteiger partial charge on any atom is 0.255 e. The highest BCUT2D eigenvalue weighted by atomic mass is 79.9. The molecule has 0 saturated carbocycles. The maximum absolute atomic E-state index is 10.8. The summed E-state index contributed by atoms with van der Waals surface area (Å²) in [4.78, 5) is 10.8. The van der Waals surface area contributed by atoms with Crippen LogP contribution in [0.5, 0.6) is 11.5 Å². The monoisotopic (exact) mass is 372 g/mol. The summed E-state index contributed by atoms with van der Waals surface area (Å²) >= 11 is 3.44. The normalized spacial score (nSPS) is 17.5. The molecule has 6 nitrogen and oxygen atoms in total. The summed E-state index contributed by atoms with van der Waals surface area (Å²) in [6.07, 6.45) is 2.56. The fourth-order valence-electron chi connectivity index (χ4n) is 2.34. The van der Waals surface area contributed by atoms with Crippen LogP contribution in [0.25, 0.3) is 0 Å². The summed E-state index contributed by atoms with van der Waals surface area (Å²) in [6.45, 7) is 2.20. The number of hydrogen-bond acceptors (Lipinski definition) is 5. The van der Waals surface area contributed by atoms with E-state index in [9.17, 15) is 4.79 Å². The Kier molecular flexibility index (Phi) is 6.48. The molecule has 1 aliphatic heterocycles. The first-order valence-corrected chi connectivity index (χ1v) is 7.99. The van der Waals surface area contributed by atoms with Crippen molar-refractivity contribution in [1.29, 1.82) is 0 Å². The molecule has 122 valence electrons. The SMILES string of the molecule is COc1cc(CNCC2CCCO2)cc(Br)c1OCC(N)=O. The van der Waals surface area contributed by atoms with Crippen LogP contribution < -0.4 is 20.5 Å². The number of amides is 1. The standard InChI is InChI=1S/C15H21BrN2O4/c1-20-13-6-10(7-18-8-11-3-2-4-21-11)5-12(16)15(13)22-9-14(17)19/h5-6,11,18H,2-4,7-9H2,1H3,(H2,17,19). The third-order valence-corrected chi connectivity index (χ3v) is 3.96. The van der Waals surface area contributed by atoms with Crippen molar-refractivity contribution < 1.29 is 19.0 Å². The van der Waals surface area contributed by atoms with E-state index in [0.717, 1.165) is 36.0 Å². The van der Waals surface area contributed by atoms with Crippen molar-refractivity contribution in [3.8, 4) is 11.5 Å². The molecule has 2 rings (SSSR count). The molecular formula is C15H21BrN2O4. The average Bonchev–Trinajstić information content (AvgIpc) is 2.98. The summed E-state index contributed by atoms with van der Waals surface area (Å²) in [5, 5.41) is 3.38. The highest BCUT2D eigenvalue weighted by molar-refractivity contribution is 9.10. The first-order chi connectivity index (χ1) is 10.6. The van der Waals surface area contributed by atoms with E-state index in [1.54, 1.807) is 7.11 Å². The third kappa shape index (κ3) is 4.86. The van der Waals surface area contributed by atoms with Crippen LogP contribution in [0.3, 0.4) is 0 Å². The summed E-state index contributed by atoms with van der Waals surface area (Å²) in [5.74, 6) is 0.505. The smallest absolute Gasteiger partial charge is 0.255 e. The van der Waals surface area contributed by atoms with Gasteiger partial charge in [0, 0.05) is 19.7 Å². The van der Waals surface area contributed by atoms with E-state index in [4.69, 9.17) is 19.9 Å². The Labute approximate surface area is 138 Å². The van der Waals surface area contributed by atoms with Gasteiger partial charge in [-0.2, -0.15) is 0 Å². The summed E-state index contributed by atoms with van der Waals surface area (Å²) in [7, 11) is 1.56. The number of benzene rings is 1. The summed E-state index contributed by atoms with van der Waals surface area (Å²) in [6, 6.07) is 3.81. The van der Waals surface area contributed by atoms with Gasteiger partial charge in [-0.1, -0.05) is 0 Å². The van der Waals surface area contributed by atoms with Gasteiger partial charge in [-0.25, -0.2) is 0 Å². The number of methoxy groups -OCH3 is 1. The van der Waals surface area contributed by atoms with Crippen LogP contribution in [0.1, 0.15) is 18.4 Å². The van der Waals surface area contributed by atoms with Crippen LogP contribution >= 0.6 is 15.9 Å². The second-order valence-electron chi connectivity index (χ2n) is 5.13. The molecule has 1 heterocycles. The maximum atomic E-state index is 10.8. The van der Waals surface area contributed by atoms with Gasteiger partial charge in [0.05, 0.1) is 17.7 Å². The molecule has 0 radical (unpaired) electrons. The molecule has 3 N–H and O–H groups in total. The first-order valence-electron chi connectivity index (χ1n) is 7.20. The zero-order chi connectivity index (χ0) is 15.9. The molecule has 0 bridgehead atoms. The van der Waals surface area contributed by atoms with E-state index in [1.165, 1.54) is 0 Å². The van der Waals surface area contributed by atoms with E-state index < -0.39 is 5.91 Å². The van der Waals surface area contributed by atoms with Crippen molar-refractivity contribution in [2.24, 2.45) is 5.73 Å². The lowest BCUT2D eigenvalue weighted by molar-refractivity contribution is -0.119. The van der Waals surface area contributed by atoms with Crippen molar-refractivity contribution in [3.63, 3.8) is 0 Å². The van der Waals surface area contributed by atoms with Crippen LogP contribution in [-0.4, -0.2) is 38.9 Å². The molecule has 0 aliphatic carbocycles. The van der Waals surface area contributed by atoms with Crippen LogP contribution in [0.15, 0.2) is 16.6 Å². The van der Waals surface area contributed by atoms with Crippen LogP contribution in [0.4, 0.5) is 0 Å². The van der Waals surface area contributed by atoms with Crippen LogP contribution in [-0.2, 0) is 16.1 Å². The number of hydrogen-bond donors (Lipinski definition) is 2. The average molecular weight is 373 g/mol. The van der Waals surface area contributed by atoms with E-state index in [2.05, 4.69) is 21.2 Å². The van der Waals surface area contributed by atoms with E-state index in [1.807, 2.05) is 12.1 Å².